The Morgan fingerprint density at radius 3 is 1.41 bits per heavy atom. The molecule has 4 nitrogen and oxygen atoms in total. The maximum Gasteiger partial charge on any atom is 0.0542 e. The number of nitrogens with zero attached hydrogens (tertiary/aromatic N) is 3. The molecule has 0 saturated heterocycles. The van der Waals surface area contributed by atoms with E-state index in [2.05, 4.69) is 274 Å². The van der Waals surface area contributed by atoms with Crippen molar-refractivity contribution in [1.82, 2.24) is 4.57 Å². The van der Waals surface area contributed by atoms with Crippen molar-refractivity contribution in [2.24, 2.45) is 0 Å². The third-order valence-electron chi connectivity index (χ3n) is 11.9. The highest BCUT2D eigenvalue weighted by molar-refractivity contribution is 6.10. The topological polar surface area (TPSA) is 23.4 Å². The summed E-state index contributed by atoms with van der Waals surface area (Å²) in [5.41, 5.74) is 16.8. The minimum absolute atomic E-state index is 1.06. The maximum atomic E-state index is 3.63. The molecule has 11 rings (SSSR count). The molecule has 0 bridgehead atoms. The van der Waals surface area contributed by atoms with E-state index in [-0.39, 0.29) is 0 Å². The van der Waals surface area contributed by atoms with Crippen LogP contribution in [0.15, 0.2) is 261 Å². The molecule has 10 aromatic carbocycles. The zero-order valence-electron chi connectivity index (χ0n) is 35.2. The van der Waals surface area contributed by atoms with Gasteiger partial charge < -0.3 is 19.7 Å². The van der Waals surface area contributed by atoms with Crippen molar-refractivity contribution in [2.45, 2.75) is 0 Å². The van der Waals surface area contributed by atoms with E-state index < -0.39 is 0 Å². The minimum Gasteiger partial charge on any atom is -0.355 e. The summed E-state index contributed by atoms with van der Waals surface area (Å²) in [4.78, 5) is 4.68. The number of hydrogen-bond acceptors (Lipinski definition) is 3. The zero-order chi connectivity index (χ0) is 42.7. The second kappa shape index (κ2) is 17.0. The lowest BCUT2D eigenvalue weighted by Gasteiger charge is -2.27. The van der Waals surface area contributed by atoms with Crippen LogP contribution in [0.4, 0.5) is 45.5 Å². The summed E-state index contributed by atoms with van der Waals surface area (Å²) >= 11 is 0. The van der Waals surface area contributed by atoms with Crippen molar-refractivity contribution in [3.63, 3.8) is 0 Å². The van der Waals surface area contributed by atoms with E-state index in [0.717, 1.165) is 73.4 Å². The fourth-order valence-electron chi connectivity index (χ4n) is 8.94. The van der Waals surface area contributed by atoms with Crippen LogP contribution in [0.1, 0.15) is 0 Å². The summed E-state index contributed by atoms with van der Waals surface area (Å²) in [5, 5.41) is 6.08. The number of rotatable bonds is 11. The SMILES string of the molecule is c1ccc(Nc2ccccc2-c2cccc(N(c3ccccc3)c3ccc(-c4ccc(N(c5ccccc5)c5ccc6c(c5)c5ccccc5n6-c5ccccc5)cc4)cc3)c2)cc1. The molecule has 0 radical (unpaired) electrons. The summed E-state index contributed by atoms with van der Waals surface area (Å²) in [5.74, 6) is 0. The van der Waals surface area contributed by atoms with Gasteiger partial charge in [0, 0.05) is 67.5 Å². The Balaban J connectivity index is 0.920. The van der Waals surface area contributed by atoms with Crippen LogP contribution >= 0.6 is 0 Å². The lowest BCUT2D eigenvalue weighted by atomic mass is 10.0. The number of fused-ring (bicyclic) bond motifs is 3. The molecule has 0 spiro atoms. The van der Waals surface area contributed by atoms with Crippen molar-refractivity contribution in [3.8, 4) is 27.9 Å². The summed E-state index contributed by atoms with van der Waals surface area (Å²) in [6.07, 6.45) is 0. The fourth-order valence-corrected chi connectivity index (χ4v) is 8.94. The molecule has 0 aliphatic heterocycles. The van der Waals surface area contributed by atoms with Gasteiger partial charge in [-0.25, -0.2) is 0 Å². The van der Waals surface area contributed by atoms with Gasteiger partial charge in [0.1, 0.15) is 0 Å². The molecule has 0 amide bonds. The van der Waals surface area contributed by atoms with E-state index in [1.54, 1.807) is 0 Å². The van der Waals surface area contributed by atoms with Crippen LogP contribution in [-0.4, -0.2) is 4.57 Å². The maximum absolute atomic E-state index is 3.63. The second-order valence-electron chi connectivity index (χ2n) is 15.9. The van der Waals surface area contributed by atoms with Gasteiger partial charge in [-0.15, -0.1) is 0 Å². The van der Waals surface area contributed by atoms with E-state index in [1.165, 1.54) is 21.8 Å². The van der Waals surface area contributed by atoms with E-state index in [1.807, 2.05) is 6.07 Å². The van der Waals surface area contributed by atoms with Gasteiger partial charge in [0.2, 0.25) is 0 Å². The Hall–Kier alpha value is -8.60. The smallest absolute Gasteiger partial charge is 0.0542 e. The quantitative estimate of drug-likeness (QED) is 0.141. The van der Waals surface area contributed by atoms with Gasteiger partial charge in [-0.05, 0) is 132 Å². The van der Waals surface area contributed by atoms with E-state index in [4.69, 9.17) is 0 Å². The molecule has 0 unspecified atom stereocenters. The predicted octanol–water partition coefficient (Wildman–Crippen LogP) is 16.8. The second-order valence-corrected chi connectivity index (χ2v) is 15.9. The van der Waals surface area contributed by atoms with Crippen molar-refractivity contribution >= 4 is 67.3 Å². The first-order valence-electron chi connectivity index (χ1n) is 21.8. The molecule has 0 aliphatic rings. The Bertz CT molecular complexity index is 3330. The van der Waals surface area contributed by atoms with Gasteiger partial charge in [-0.3, -0.25) is 0 Å². The Kier molecular flexibility index (Phi) is 10.2. The van der Waals surface area contributed by atoms with Gasteiger partial charge in [0.25, 0.3) is 0 Å². The highest BCUT2D eigenvalue weighted by atomic mass is 15.1. The van der Waals surface area contributed by atoms with Crippen LogP contribution < -0.4 is 15.1 Å². The number of anilines is 8. The number of hydrogen-bond donors (Lipinski definition) is 1. The molecule has 0 aliphatic carbocycles. The van der Waals surface area contributed by atoms with Gasteiger partial charge in [0.15, 0.2) is 0 Å². The number of aromatic nitrogens is 1. The largest absolute Gasteiger partial charge is 0.355 e. The molecule has 1 aromatic heterocycles. The molecule has 11 aromatic rings. The molecule has 304 valence electrons. The third kappa shape index (κ3) is 7.44. The minimum atomic E-state index is 1.06. The summed E-state index contributed by atoms with van der Waals surface area (Å²) in [6.45, 7) is 0. The fraction of sp³-hybridized carbons (Fsp3) is 0. The average molecular weight is 821 g/mol. The van der Waals surface area contributed by atoms with Crippen molar-refractivity contribution in [2.75, 3.05) is 15.1 Å². The standard InChI is InChI=1S/C60H44N4/c1-5-19-47(20-6-1)61-58-30-15-13-28-55(58)46-18-17-27-53(42-46)62(48-21-7-2-8-22-48)51-36-32-44(33-37-51)45-34-38-52(39-35-45)63(49-23-9-3-10-24-49)54-40-41-60-57(43-54)56-29-14-16-31-59(56)64(60)50-25-11-4-12-26-50/h1-43,61H. The molecule has 64 heavy (non-hydrogen) atoms. The first kappa shape index (κ1) is 38.3. The van der Waals surface area contributed by atoms with Crippen LogP contribution in [0.25, 0.3) is 49.7 Å². The van der Waals surface area contributed by atoms with Gasteiger partial charge in [0.05, 0.1) is 11.0 Å². The average Bonchev–Trinajstić information content (AvgIpc) is 3.70. The van der Waals surface area contributed by atoms with Crippen LogP contribution in [-0.2, 0) is 0 Å². The number of para-hydroxylation sites is 6. The van der Waals surface area contributed by atoms with E-state index >= 15 is 0 Å². The van der Waals surface area contributed by atoms with Crippen molar-refractivity contribution in [3.05, 3.63) is 261 Å². The summed E-state index contributed by atoms with van der Waals surface area (Å²) < 4.78 is 2.36. The Morgan fingerprint density at radius 1 is 0.297 bits per heavy atom. The van der Waals surface area contributed by atoms with E-state index in [9.17, 15) is 0 Å². The summed E-state index contributed by atoms with van der Waals surface area (Å²) in [6, 6.07) is 92.9. The van der Waals surface area contributed by atoms with E-state index in [0.29, 0.717) is 0 Å². The molecule has 0 saturated carbocycles. The lowest BCUT2D eigenvalue weighted by molar-refractivity contribution is 1.18. The van der Waals surface area contributed by atoms with Crippen LogP contribution in [0.2, 0.25) is 0 Å². The first-order chi connectivity index (χ1) is 31.7. The van der Waals surface area contributed by atoms with Crippen molar-refractivity contribution < 1.29 is 0 Å². The lowest BCUT2D eigenvalue weighted by Crippen LogP contribution is -2.10. The molecule has 0 fully saturated rings. The normalized spacial score (nSPS) is 11.1. The molecule has 1 heterocycles. The summed E-state index contributed by atoms with van der Waals surface area (Å²) in [7, 11) is 0. The van der Waals surface area contributed by atoms with Gasteiger partial charge >= 0.3 is 0 Å². The molecule has 1 N–H and O–H groups in total. The molecule has 4 heteroatoms. The molecular weight excluding hydrogens is 777 g/mol. The Morgan fingerprint density at radius 2 is 0.766 bits per heavy atom. The van der Waals surface area contributed by atoms with Crippen LogP contribution in [0.3, 0.4) is 0 Å². The number of benzene rings is 10. The number of nitrogens with one attached hydrogen (secondary N) is 1. The monoisotopic (exact) mass is 820 g/mol. The highest BCUT2D eigenvalue weighted by Gasteiger charge is 2.19. The Labute approximate surface area is 374 Å². The van der Waals surface area contributed by atoms with Gasteiger partial charge in [-0.1, -0.05) is 146 Å². The molecule has 0 atom stereocenters. The zero-order valence-corrected chi connectivity index (χ0v) is 35.2. The van der Waals surface area contributed by atoms with Crippen LogP contribution in [0.5, 0.6) is 0 Å². The molecular formula is C60H44N4. The van der Waals surface area contributed by atoms with Gasteiger partial charge in [-0.2, -0.15) is 0 Å². The predicted molar refractivity (Wildman–Crippen MR) is 271 cm³/mol. The highest BCUT2D eigenvalue weighted by Crippen LogP contribution is 2.42. The first-order valence-corrected chi connectivity index (χ1v) is 21.8. The third-order valence-corrected chi connectivity index (χ3v) is 11.9. The van der Waals surface area contributed by atoms with Crippen molar-refractivity contribution in [1.29, 1.82) is 0 Å². The van der Waals surface area contributed by atoms with Crippen LogP contribution in [0, 0.1) is 0 Å².